The summed E-state index contributed by atoms with van der Waals surface area (Å²) in [7, 11) is 1.63. The van der Waals surface area contributed by atoms with Gasteiger partial charge in [-0.2, -0.15) is 0 Å². The minimum atomic E-state index is -0.945. The molecule has 9 atom stereocenters. The number of Topliss-reactive ketones (excluding diaryl/α,β-unsaturated/α-hetero) is 1. The maximum atomic E-state index is 13.4. The highest BCUT2D eigenvalue weighted by Gasteiger charge is 2.81. The number of aliphatic hydroxyl groups excluding tert-OH is 2. The Morgan fingerprint density at radius 1 is 1.19 bits per heavy atom. The molecule has 6 fully saturated rings. The van der Waals surface area contributed by atoms with Gasteiger partial charge in [-0.25, -0.2) is 0 Å². The lowest BCUT2D eigenvalue weighted by Crippen LogP contribution is -2.79. The number of fused-ring (bicyclic) bond motifs is 2. The van der Waals surface area contributed by atoms with Crippen LogP contribution in [-0.4, -0.2) is 47.7 Å². The van der Waals surface area contributed by atoms with Crippen molar-refractivity contribution in [2.45, 2.75) is 70.6 Å². The Morgan fingerprint density at radius 3 is 2.62 bits per heavy atom. The normalized spacial score (nSPS) is 57.0. The highest BCUT2D eigenvalue weighted by molar-refractivity contribution is 6.04. The Hall–Kier alpha value is -0.750. The Kier molecular flexibility index (Phi) is 3.33. The summed E-state index contributed by atoms with van der Waals surface area (Å²) < 4.78 is 12.1. The molecule has 4 saturated carbocycles. The molecular formula is C21H30O5. The predicted molar refractivity (Wildman–Crippen MR) is 94.0 cm³/mol. The molecule has 2 heterocycles. The SMILES string of the molecule is C=C1C(=O)[C@@]23C4CC5C(C)(C)CC[C@H](O)[C@@]5(C(OC)O4)C2CC[C@@H]1[C@H]3O. The van der Waals surface area contributed by atoms with Gasteiger partial charge >= 0.3 is 0 Å². The molecule has 2 N–H and O–H groups in total. The number of ether oxygens (including phenoxy) is 2. The van der Waals surface area contributed by atoms with Crippen molar-refractivity contribution in [3.63, 3.8) is 0 Å². The molecule has 144 valence electrons. The largest absolute Gasteiger partial charge is 0.392 e. The maximum Gasteiger partial charge on any atom is 0.170 e. The molecule has 6 aliphatic rings. The fourth-order valence-corrected chi connectivity index (χ4v) is 8.04. The van der Waals surface area contributed by atoms with E-state index in [4.69, 9.17) is 9.47 Å². The first-order valence-electron chi connectivity index (χ1n) is 10.0. The molecule has 0 aromatic heterocycles. The van der Waals surface area contributed by atoms with Crippen molar-refractivity contribution in [2.75, 3.05) is 7.11 Å². The molecule has 5 nitrogen and oxygen atoms in total. The molecule has 6 rings (SSSR count). The summed E-state index contributed by atoms with van der Waals surface area (Å²) >= 11 is 0. The first-order chi connectivity index (χ1) is 12.2. The molecule has 0 amide bonds. The van der Waals surface area contributed by atoms with E-state index in [1.54, 1.807) is 7.11 Å². The van der Waals surface area contributed by atoms with Crippen LogP contribution in [0, 0.1) is 34.0 Å². The van der Waals surface area contributed by atoms with E-state index >= 15 is 0 Å². The van der Waals surface area contributed by atoms with Crippen LogP contribution in [-0.2, 0) is 14.3 Å². The molecule has 0 aromatic carbocycles. The zero-order valence-corrected chi connectivity index (χ0v) is 15.9. The molecule has 0 aromatic rings. The van der Waals surface area contributed by atoms with Gasteiger partial charge in [0, 0.05) is 13.0 Å². The predicted octanol–water partition coefficient (Wildman–Crippen LogP) is 2.06. The molecule has 2 aliphatic heterocycles. The second-order valence-corrected chi connectivity index (χ2v) is 9.99. The van der Waals surface area contributed by atoms with Gasteiger partial charge < -0.3 is 19.7 Å². The van der Waals surface area contributed by atoms with E-state index in [9.17, 15) is 15.0 Å². The maximum absolute atomic E-state index is 13.4. The quantitative estimate of drug-likeness (QED) is 0.699. The lowest BCUT2D eigenvalue weighted by molar-refractivity contribution is -0.405. The summed E-state index contributed by atoms with van der Waals surface area (Å²) in [5.74, 6) is -0.0924. The number of aliphatic hydroxyl groups is 2. The monoisotopic (exact) mass is 362 g/mol. The lowest BCUT2D eigenvalue weighted by Gasteiger charge is -2.72. The van der Waals surface area contributed by atoms with Crippen molar-refractivity contribution in [1.29, 1.82) is 0 Å². The van der Waals surface area contributed by atoms with Crippen LogP contribution in [0.3, 0.4) is 0 Å². The third kappa shape index (κ3) is 1.55. The fraction of sp³-hybridized carbons (Fsp3) is 0.857. The summed E-state index contributed by atoms with van der Waals surface area (Å²) in [5.41, 5.74) is -0.986. The molecule has 4 unspecified atom stereocenters. The molecule has 2 saturated heterocycles. The fourth-order valence-electron chi connectivity index (χ4n) is 8.04. The standard InChI is InChI=1S/C21H30O5/c1-10-11-5-6-12-20-13(19(2,3)8-7-14(20)22)9-15(26-18(20)25-4)21(12,16(10)23)17(11)24/h11-15,17-18,22,24H,1,5-9H2,2-4H3/t11-,12?,13?,14-,15?,17+,18?,20+,21-/m0/s1. The van der Waals surface area contributed by atoms with Crippen LogP contribution < -0.4 is 0 Å². The topological polar surface area (TPSA) is 76.0 Å². The van der Waals surface area contributed by atoms with Gasteiger partial charge in [-0.1, -0.05) is 20.4 Å². The lowest BCUT2D eigenvalue weighted by atomic mass is 9.37. The van der Waals surface area contributed by atoms with Crippen LogP contribution in [0.15, 0.2) is 12.2 Å². The summed E-state index contributed by atoms with van der Waals surface area (Å²) in [5, 5.41) is 22.6. The van der Waals surface area contributed by atoms with Crippen LogP contribution >= 0.6 is 0 Å². The van der Waals surface area contributed by atoms with Crippen molar-refractivity contribution in [1.82, 2.24) is 0 Å². The number of hydrogen-bond acceptors (Lipinski definition) is 5. The van der Waals surface area contributed by atoms with E-state index in [1.165, 1.54) is 0 Å². The molecule has 26 heavy (non-hydrogen) atoms. The van der Waals surface area contributed by atoms with Gasteiger partial charge in [-0.15, -0.1) is 0 Å². The van der Waals surface area contributed by atoms with Crippen LogP contribution in [0.4, 0.5) is 0 Å². The highest BCUT2D eigenvalue weighted by atomic mass is 16.7. The Bertz CT molecular complexity index is 686. The van der Waals surface area contributed by atoms with E-state index in [2.05, 4.69) is 20.4 Å². The van der Waals surface area contributed by atoms with E-state index in [-0.39, 0.29) is 35.1 Å². The average Bonchev–Trinajstić information content (AvgIpc) is 2.73. The molecule has 5 heteroatoms. The third-order valence-electron chi connectivity index (χ3n) is 9.03. The molecular weight excluding hydrogens is 332 g/mol. The Morgan fingerprint density at radius 2 is 1.92 bits per heavy atom. The Labute approximate surface area is 154 Å². The zero-order valence-electron chi connectivity index (χ0n) is 15.9. The van der Waals surface area contributed by atoms with Crippen molar-refractivity contribution in [3.8, 4) is 0 Å². The first-order valence-corrected chi connectivity index (χ1v) is 10.0. The van der Waals surface area contributed by atoms with Gasteiger partial charge in [-0.05, 0) is 54.9 Å². The van der Waals surface area contributed by atoms with Crippen molar-refractivity contribution < 1.29 is 24.5 Å². The van der Waals surface area contributed by atoms with Gasteiger partial charge in [0.1, 0.15) is 0 Å². The number of carbonyl (C=O) groups excluding carboxylic acids is 1. The summed E-state index contributed by atoms with van der Waals surface area (Å²) in [6.07, 6.45) is 1.68. The highest BCUT2D eigenvalue weighted by Crippen LogP contribution is 2.75. The minimum absolute atomic E-state index is 0.0227. The second kappa shape index (κ2) is 4.99. The van der Waals surface area contributed by atoms with Crippen molar-refractivity contribution in [3.05, 3.63) is 12.2 Å². The minimum Gasteiger partial charge on any atom is -0.392 e. The van der Waals surface area contributed by atoms with Crippen LogP contribution in [0.1, 0.15) is 46.0 Å². The third-order valence-corrected chi connectivity index (χ3v) is 9.03. The average molecular weight is 362 g/mol. The smallest absolute Gasteiger partial charge is 0.170 e. The van der Waals surface area contributed by atoms with Crippen molar-refractivity contribution in [2.24, 2.45) is 34.0 Å². The van der Waals surface area contributed by atoms with Gasteiger partial charge in [0.2, 0.25) is 0 Å². The van der Waals surface area contributed by atoms with Crippen LogP contribution in [0.5, 0.6) is 0 Å². The van der Waals surface area contributed by atoms with Gasteiger partial charge in [0.15, 0.2) is 12.1 Å². The summed E-state index contributed by atoms with van der Waals surface area (Å²) in [4.78, 5) is 13.4. The number of rotatable bonds is 1. The molecule has 2 spiro atoms. The van der Waals surface area contributed by atoms with E-state index in [1.807, 2.05) is 0 Å². The number of hydrogen-bond donors (Lipinski definition) is 2. The number of methoxy groups -OCH3 is 1. The second-order valence-electron chi connectivity index (χ2n) is 9.99. The van der Waals surface area contributed by atoms with E-state index in [0.717, 1.165) is 19.3 Å². The van der Waals surface area contributed by atoms with E-state index < -0.39 is 29.3 Å². The van der Waals surface area contributed by atoms with Gasteiger partial charge in [0.05, 0.1) is 29.1 Å². The van der Waals surface area contributed by atoms with Gasteiger partial charge in [0.25, 0.3) is 0 Å². The zero-order chi connectivity index (χ0) is 18.6. The number of carbonyl (C=O) groups is 1. The summed E-state index contributed by atoms with van der Waals surface area (Å²) in [6, 6.07) is 0. The van der Waals surface area contributed by atoms with Crippen LogP contribution in [0.2, 0.25) is 0 Å². The van der Waals surface area contributed by atoms with Crippen LogP contribution in [0.25, 0.3) is 0 Å². The molecule has 0 radical (unpaired) electrons. The molecule has 4 aliphatic carbocycles. The van der Waals surface area contributed by atoms with Crippen molar-refractivity contribution >= 4 is 5.78 Å². The number of ketones is 1. The van der Waals surface area contributed by atoms with E-state index in [0.29, 0.717) is 18.4 Å². The first kappa shape index (κ1) is 17.4. The van der Waals surface area contributed by atoms with Gasteiger partial charge in [-0.3, -0.25) is 4.79 Å². The Balaban J connectivity index is 1.76. The molecule has 4 bridgehead atoms. The summed E-state index contributed by atoms with van der Waals surface area (Å²) in [6.45, 7) is 8.56.